The van der Waals surface area contributed by atoms with Crippen molar-refractivity contribution in [2.24, 2.45) is 5.92 Å². The molecule has 1 amide bonds. The fraction of sp³-hybridized carbons (Fsp3) is 0.625. The molecule has 0 aromatic rings. The number of rotatable bonds is 7. The third kappa shape index (κ3) is 7.12. The average molecular weight is 281 g/mol. The third-order valence-corrected chi connectivity index (χ3v) is 3.26. The standard InChI is InChI=1S/C10H18O2.C6H9NO/c1-4-7-8-9(5-2)10(11)12-6-3;1-2-7-5-3-4-6(7)8/h6,9H,3-5,7-8H2,1-2H3;2H,1,3-5H2. The summed E-state index contributed by atoms with van der Waals surface area (Å²) in [7, 11) is 0. The van der Waals surface area contributed by atoms with E-state index in [4.69, 9.17) is 4.74 Å². The van der Waals surface area contributed by atoms with Crippen molar-refractivity contribution < 1.29 is 14.3 Å². The molecule has 0 radical (unpaired) electrons. The minimum atomic E-state index is -0.138. The van der Waals surface area contributed by atoms with Gasteiger partial charge in [-0.1, -0.05) is 39.8 Å². The highest BCUT2D eigenvalue weighted by Crippen LogP contribution is 2.14. The fourth-order valence-electron chi connectivity index (χ4n) is 1.98. The number of nitrogens with zero attached hydrogens (tertiary/aromatic N) is 1. The molecule has 114 valence electrons. The second-order valence-electron chi connectivity index (χ2n) is 4.72. The number of carbonyl (C=O) groups is 2. The first kappa shape index (κ1) is 18.4. The Bertz CT molecular complexity index is 326. The lowest BCUT2D eigenvalue weighted by Gasteiger charge is -2.10. The molecule has 0 aromatic carbocycles. The van der Waals surface area contributed by atoms with Crippen LogP contribution in [0.2, 0.25) is 0 Å². The van der Waals surface area contributed by atoms with Crippen molar-refractivity contribution in [1.29, 1.82) is 0 Å². The van der Waals surface area contributed by atoms with Crippen LogP contribution in [0.3, 0.4) is 0 Å². The minimum absolute atomic E-state index is 0.0583. The quantitative estimate of drug-likeness (QED) is 0.528. The number of carbonyl (C=O) groups excluding carboxylic acids is 2. The van der Waals surface area contributed by atoms with Crippen LogP contribution >= 0.6 is 0 Å². The van der Waals surface area contributed by atoms with E-state index in [1.54, 1.807) is 11.1 Å². The molecule has 4 heteroatoms. The number of hydrogen-bond acceptors (Lipinski definition) is 3. The predicted molar refractivity (Wildman–Crippen MR) is 80.7 cm³/mol. The summed E-state index contributed by atoms with van der Waals surface area (Å²) in [5.74, 6) is 0.129. The molecular weight excluding hydrogens is 254 g/mol. The van der Waals surface area contributed by atoms with E-state index in [1.807, 2.05) is 6.92 Å². The van der Waals surface area contributed by atoms with Gasteiger partial charge in [0.2, 0.25) is 5.91 Å². The average Bonchev–Trinajstić information content (AvgIpc) is 2.86. The molecule has 1 aliphatic rings. The number of hydrogen-bond donors (Lipinski definition) is 0. The number of ether oxygens (including phenoxy) is 1. The largest absolute Gasteiger partial charge is 0.435 e. The van der Waals surface area contributed by atoms with Gasteiger partial charge in [-0.05, 0) is 25.5 Å². The lowest BCUT2D eigenvalue weighted by Crippen LogP contribution is -2.16. The Labute approximate surface area is 122 Å². The summed E-state index contributed by atoms with van der Waals surface area (Å²) in [5, 5.41) is 0. The summed E-state index contributed by atoms with van der Waals surface area (Å²) in [6, 6.07) is 0. The van der Waals surface area contributed by atoms with Crippen LogP contribution in [0.5, 0.6) is 0 Å². The van der Waals surface area contributed by atoms with Crippen LogP contribution in [-0.2, 0) is 14.3 Å². The van der Waals surface area contributed by atoms with Gasteiger partial charge in [0.25, 0.3) is 0 Å². The van der Waals surface area contributed by atoms with Crippen LogP contribution in [-0.4, -0.2) is 23.3 Å². The van der Waals surface area contributed by atoms with E-state index in [0.717, 1.165) is 38.6 Å². The Hall–Kier alpha value is -1.58. The molecule has 1 aliphatic heterocycles. The molecule has 4 nitrogen and oxygen atoms in total. The number of likely N-dealkylation sites (tertiary alicyclic amines) is 1. The second kappa shape index (κ2) is 11.3. The molecule has 0 saturated carbocycles. The first-order valence-corrected chi connectivity index (χ1v) is 7.34. The van der Waals surface area contributed by atoms with Gasteiger partial charge in [-0.25, -0.2) is 0 Å². The molecular formula is C16H27NO3. The Morgan fingerprint density at radius 2 is 2.15 bits per heavy atom. The number of unbranched alkanes of at least 4 members (excludes halogenated alkanes) is 1. The SMILES string of the molecule is C=CN1CCCC1=O.C=COC(=O)C(CC)CCCC. The van der Waals surface area contributed by atoms with Crippen LogP contribution in [0.1, 0.15) is 52.4 Å². The van der Waals surface area contributed by atoms with Gasteiger partial charge < -0.3 is 9.64 Å². The van der Waals surface area contributed by atoms with Crippen molar-refractivity contribution in [3.8, 4) is 0 Å². The highest BCUT2D eigenvalue weighted by atomic mass is 16.5. The minimum Gasteiger partial charge on any atom is -0.435 e. The maximum Gasteiger partial charge on any atom is 0.313 e. The molecule has 1 saturated heterocycles. The van der Waals surface area contributed by atoms with E-state index in [2.05, 4.69) is 20.1 Å². The lowest BCUT2D eigenvalue weighted by atomic mass is 10.00. The van der Waals surface area contributed by atoms with Gasteiger partial charge in [-0.2, -0.15) is 0 Å². The summed E-state index contributed by atoms with van der Waals surface area (Å²) in [4.78, 5) is 23.5. The summed E-state index contributed by atoms with van der Waals surface area (Å²) >= 11 is 0. The summed E-state index contributed by atoms with van der Waals surface area (Å²) in [6.45, 7) is 11.8. The molecule has 0 spiro atoms. The topological polar surface area (TPSA) is 46.6 Å². The normalized spacial score (nSPS) is 15.1. The monoisotopic (exact) mass is 281 g/mol. The smallest absolute Gasteiger partial charge is 0.313 e. The highest BCUT2D eigenvalue weighted by Gasteiger charge is 2.16. The molecule has 1 atom stereocenters. The number of amides is 1. The van der Waals surface area contributed by atoms with Gasteiger partial charge in [-0.3, -0.25) is 9.59 Å². The molecule has 0 aromatic heterocycles. The van der Waals surface area contributed by atoms with Gasteiger partial charge in [0, 0.05) is 13.0 Å². The van der Waals surface area contributed by atoms with E-state index in [9.17, 15) is 9.59 Å². The summed E-state index contributed by atoms with van der Waals surface area (Å²) < 4.78 is 4.72. The maximum atomic E-state index is 11.2. The first-order valence-electron chi connectivity index (χ1n) is 7.34. The van der Waals surface area contributed by atoms with E-state index in [1.165, 1.54) is 6.26 Å². The second-order valence-corrected chi connectivity index (χ2v) is 4.72. The van der Waals surface area contributed by atoms with Crippen LogP contribution in [0, 0.1) is 5.92 Å². The Morgan fingerprint density at radius 1 is 1.45 bits per heavy atom. The van der Waals surface area contributed by atoms with Crippen molar-refractivity contribution >= 4 is 11.9 Å². The van der Waals surface area contributed by atoms with Crippen molar-refractivity contribution in [2.75, 3.05) is 6.54 Å². The van der Waals surface area contributed by atoms with Crippen LogP contribution in [0.4, 0.5) is 0 Å². The van der Waals surface area contributed by atoms with E-state index >= 15 is 0 Å². The zero-order valence-corrected chi connectivity index (χ0v) is 12.8. The van der Waals surface area contributed by atoms with Crippen molar-refractivity contribution in [1.82, 2.24) is 4.90 Å². The van der Waals surface area contributed by atoms with Gasteiger partial charge in [0.1, 0.15) is 0 Å². The van der Waals surface area contributed by atoms with Gasteiger partial charge in [0.15, 0.2) is 0 Å². The summed E-state index contributed by atoms with van der Waals surface area (Å²) in [5.41, 5.74) is 0. The Balaban J connectivity index is 0.000000388. The van der Waals surface area contributed by atoms with Crippen molar-refractivity contribution in [2.45, 2.75) is 52.4 Å². The summed E-state index contributed by atoms with van der Waals surface area (Å²) in [6.07, 6.45) is 8.48. The van der Waals surface area contributed by atoms with Crippen LogP contribution in [0.25, 0.3) is 0 Å². The maximum absolute atomic E-state index is 11.2. The molecule has 1 heterocycles. The molecule has 1 rings (SSSR count). The lowest BCUT2D eigenvalue weighted by molar-refractivity contribution is -0.143. The van der Waals surface area contributed by atoms with Gasteiger partial charge in [0.05, 0.1) is 12.2 Å². The molecule has 20 heavy (non-hydrogen) atoms. The Kier molecular flexibility index (Phi) is 10.4. The molecule has 0 N–H and O–H groups in total. The zero-order valence-electron chi connectivity index (χ0n) is 12.8. The highest BCUT2D eigenvalue weighted by molar-refractivity contribution is 5.78. The molecule has 1 unspecified atom stereocenters. The van der Waals surface area contributed by atoms with Crippen LogP contribution in [0.15, 0.2) is 25.6 Å². The third-order valence-electron chi connectivity index (χ3n) is 3.26. The zero-order chi connectivity index (χ0) is 15.4. The molecule has 0 aliphatic carbocycles. The van der Waals surface area contributed by atoms with Gasteiger partial charge >= 0.3 is 5.97 Å². The van der Waals surface area contributed by atoms with E-state index < -0.39 is 0 Å². The fourth-order valence-corrected chi connectivity index (χ4v) is 1.98. The van der Waals surface area contributed by atoms with Crippen molar-refractivity contribution in [3.05, 3.63) is 25.6 Å². The predicted octanol–water partition coefficient (Wildman–Crippen LogP) is 3.64. The van der Waals surface area contributed by atoms with Gasteiger partial charge in [-0.15, -0.1) is 0 Å². The van der Waals surface area contributed by atoms with E-state index in [-0.39, 0.29) is 17.8 Å². The van der Waals surface area contributed by atoms with Crippen LogP contribution < -0.4 is 0 Å². The number of esters is 1. The first-order chi connectivity index (χ1) is 9.60. The van der Waals surface area contributed by atoms with E-state index in [0.29, 0.717) is 6.42 Å². The van der Waals surface area contributed by atoms with Crippen molar-refractivity contribution in [3.63, 3.8) is 0 Å². The molecule has 0 bridgehead atoms. The molecule has 1 fully saturated rings. The Morgan fingerprint density at radius 3 is 2.50 bits per heavy atom.